The van der Waals surface area contributed by atoms with Crippen molar-refractivity contribution in [1.29, 1.82) is 0 Å². The smallest absolute Gasteiger partial charge is 0.318 e. The van der Waals surface area contributed by atoms with Crippen LogP contribution in [0.1, 0.15) is 35.0 Å². The van der Waals surface area contributed by atoms with Gasteiger partial charge in [-0.3, -0.25) is 9.59 Å². The Hall–Kier alpha value is -2.88. The van der Waals surface area contributed by atoms with Gasteiger partial charge in [-0.2, -0.15) is 0 Å². The Balaban J connectivity index is 0.000000755. The number of hydrogen-bond acceptors (Lipinski definition) is 8. The van der Waals surface area contributed by atoms with E-state index in [1.807, 2.05) is 17.9 Å². The number of anilines is 1. The summed E-state index contributed by atoms with van der Waals surface area (Å²) >= 11 is 0. The van der Waals surface area contributed by atoms with Crippen LogP contribution in [-0.2, 0) is 9.53 Å². The zero-order valence-electron chi connectivity index (χ0n) is 16.7. The van der Waals surface area contributed by atoms with Gasteiger partial charge in [-0.1, -0.05) is 5.10 Å². The maximum Gasteiger partial charge on any atom is 0.318 e. The van der Waals surface area contributed by atoms with Gasteiger partial charge in [0.15, 0.2) is 5.76 Å². The highest BCUT2D eigenvalue weighted by atomic mass is 16.5. The Morgan fingerprint density at radius 3 is 2.66 bits per heavy atom. The van der Waals surface area contributed by atoms with E-state index >= 15 is 0 Å². The molecule has 29 heavy (non-hydrogen) atoms. The monoisotopic (exact) mass is 406 g/mol. The molecule has 2 aliphatic rings. The number of furan rings is 1. The molecule has 4 rings (SSSR count). The van der Waals surface area contributed by atoms with Crippen molar-refractivity contribution in [3.8, 4) is 0 Å². The van der Waals surface area contributed by atoms with Crippen molar-refractivity contribution in [2.24, 2.45) is 5.41 Å². The van der Waals surface area contributed by atoms with Crippen LogP contribution in [0.3, 0.4) is 0 Å². The number of hydrogen-bond donors (Lipinski definition) is 1. The van der Waals surface area contributed by atoms with E-state index in [-0.39, 0.29) is 17.8 Å². The molecule has 0 aromatic carbocycles. The fourth-order valence-electron chi connectivity index (χ4n) is 3.90. The van der Waals surface area contributed by atoms with E-state index < -0.39 is 0 Å². The summed E-state index contributed by atoms with van der Waals surface area (Å²) in [6.07, 6.45) is 1.93. The van der Waals surface area contributed by atoms with E-state index in [1.54, 1.807) is 13.0 Å². The highest BCUT2D eigenvalue weighted by molar-refractivity contribution is 5.91. The van der Waals surface area contributed by atoms with E-state index in [4.69, 9.17) is 23.5 Å². The average molecular weight is 406 g/mol. The lowest BCUT2D eigenvalue weighted by Crippen LogP contribution is -2.52. The van der Waals surface area contributed by atoms with Gasteiger partial charge in [0.1, 0.15) is 5.76 Å². The number of aromatic nitrogens is 2. The number of carbonyl (C=O) groups excluding carboxylic acids is 1. The molecule has 0 saturated carbocycles. The first-order chi connectivity index (χ1) is 14.0. The Morgan fingerprint density at radius 2 is 2.00 bits per heavy atom. The second kappa shape index (κ2) is 9.08. The number of piperidine rings is 1. The summed E-state index contributed by atoms with van der Waals surface area (Å²) in [4.78, 5) is 25.1. The first kappa shape index (κ1) is 20.8. The summed E-state index contributed by atoms with van der Waals surface area (Å²) in [6.45, 7) is 7.41. The highest BCUT2D eigenvalue weighted by Crippen LogP contribution is 2.35. The number of rotatable bonds is 2. The fourth-order valence-corrected chi connectivity index (χ4v) is 3.90. The van der Waals surface area contributed by atoms with Crippen LogP contribution in [0, 0.1) is 19.3 Å². The standard InChI is InChI=1S/C18H24N4O4.CH2O2/c1-13-4-5-15(25-13)16(23)21-7-3-6-18(10-21)11-22(8-9-24-12-18)17-20-19-14(2)26-17;2-1-3/h4-5H,3,6-12H2,1-2H3;1H,(H,2,3). The van der Waals surface area contributed by atoms with Crippen LogP contribution in [0.15, 0.2) is 21.0 Å². The minimum Gasteiger partial charge on any atom is -0.483 e. The van der Waals surface area contributed by atoms with Crippen molar-refractivity contribution in [2.45, 2.75) is 26.7 Å². The van der Waals surface area contributed by atoms with Crippen LogP contribution in [0.2, 0.25) is 0 Å². The van der Waals surface area contributed by atoms with Gasteiger partial charge < -0.3 is 28.5 Å². The van der Waals surface area contributed by atoms with Gasteiger partial charge in [0.2, 0.25) is 5.89 Å². The average Bonchev–Trinajstić information content (AvgIpc) is 3.28. The predicted molar refractivity (Wildman–Crippen MR) is 102 cm³/mol. The molecule has 2 aromatic heterocycles. The van der Waals surface area contributed by atoms with Crippen LogP contribution in [0.25, 0.3) is 0 Å². The van der Waals surface area contributed by atoms with Crippen molar-refractivity contribution in [3.63, 3.8) is 0 Å². The lowest BCUT2D eigenvalue weighted by molar-refractivity contribution is -0.122. The van der Waals surface area contributed by atoms with Crippen molar-refractivity contribution in [3.05, 3.63) is 29.5 Å². The third-order valence-corrected chi connectivity index (χ3v) is 5.13. The molecule has 1 N–H and O–H groups in total. The summed E-state index contributed by atoms with van der Waals surface area (Å²) in [6, 6.07) is 4.09. The molecular formula is C19H26N4O6. The Kier molecular flexibility index (Phi) is 6.53. The maximum atomic E-state index is 12.8. The number of ether oxygens (including phenoxy) is 1. The van der Waals surface area contributed by atoms with Crippen molar-refractivity contribution >= 4 is 18.4 Å². The van der Waals surface area contributed by atoms with Crippen molar-refractivity contribution in [2.75, 3.05) is 44.3 Å². The Bertz CT molecular complexity index is 834. The molecule has 0 bridgehead atoms. The van der Waals surface area contributed by atoms with Crippen LogP contribution < -0.4 is 4.90 Å². The van der Waals surface area contributed by atoms with E-state index in [2.05, 4.69) is 15.1 Å². The van der Waals surface area contributed by atoms with E-state index in [9.17, 15) is 4.79 Å². The molecule has 0 radical (unpaired) electrons. The lowest BCUT2D eigenvalue weighted by Gasteiger charge is -2.43. The zero-order chi connectivity index (χ0) is 20.9. The predicted octanol–water partition coefficient (Wildman–Crippen LogP) is 1.74. The lowest BCUT2D eigenvalue weighted by atomic mass is 9.80. The number of amides is 1. The minimum absolute atomic E-state index is 0.0541. The number of carboxylic acid groups (broad SMARTS) is 1. The van der Waals surface area contributed by atoms with Gasteiger partial charge in [-0.15, -0.1) is 5.10 Å². The second-order valence-electron chi connectivity index (χ2n) is 7.42. The quantitative estimate of drug-likeness (QED) is 0.743. The molecule has 10 heteroatoms. The zero-order valence-corrected chi connectivity index (χ0v) is 16.7. The number of nitrogens with zero attached hydrogens (tertiary/aromatic N) is 4. The topological polar surface area (TPSA) is 122 Å². The second-order valence-corrected chi connectivity index (χ2v) is 7.42. The van der Waals surface area contributed by atoms with Crippen LogP contribution in [0.4, 0.5) is 6.01 Å². The number of aryl methyl sites for hydroxylation is 2. The molecule has 1 atom stereocenters. The molecular weight excluding hydrogens is 380 g/mol. The van der Waals surface area contributed by atoms with E-state index in [0.717, 1.165) is 31.7 Å². The van der Waals surface area contributed by atoms with Gasteiger partial charge in [0.05, 0.1) is 13.2 Å². The molecule has 158 valence electrons. The highest BCUT2D eigenvalue weighted by Gasteiger charge is 2.41. The molecule has 0 aliphatic carbocycles. The molecule has 2 aliphatic heterocycles. The van der Waals surface area contributed by atoms with Crippen molar-refractivity contribution in [1.82, 2.24) is 15.1 Å². The number of likely N-dealkylation sites (tertiary alicyclic amines) is 1. The van der Waals surface area contributed by atoms with Gasteiger partial charge in [0.25, 0.3) is 12.4 Å². The largest absolute Gasteiger partial charge is 0.483 e. The van der Waals surface area contributed by atoms with E-state index in [1.165, 1.54) is 0 Å². The van der Waals surface area contributed by atoms with Crippen LogP contribution in [0.5, 0.6) is 0 Å². The van der Waals surface area contributed by atoms with Crippen LogP contribution >= 0.6 is 0 Å². The molecule has 2 saturated heterocycles. The maximum absolute atomic E-state index is 12.8. The minimum atomic E-state index is -0.250. The summed E-state index contributed by atoms with van der Waals surface area (Å²) in [5, 5.41) is 15.0. The Labute approximate surface area is 168 Å². The normalized spacial score (nSPS) is 22.0. The number of carbonyl (C=O) groups is 2. The van der Waals surface area contributed by atoms with Gasteiger partial charge in [0, 0.05) is 38.5 Å². The summed E-state index contributed by atoms with van der Waals surface area (Å²) in [5.41, 5.74) is -0.144. The van der Waals surface area contributed by atoms with Crippen LogP contribution in [-0.4, -0.2) is 72.0 Å². The molecule has 10 nitrogen and oxygen atoms in total. The first-order valence-electron chi connectivity index (χ1n) is 9.53. The molecule has 2 aromatic rings. The molecule has 1 unspecified atom stereocenters. The fraction of sp³-hybridized carbons (Fsp3) is 0.579. The van der Waals surface area contributed by atoms with E-state index in [0.29, 0.717) is 44.0 Å². The van der Waals surface area contributed by atoms with Gasteiger partial charge in [-0.05, 0) is 31.9 Å². The Morgan fingerprint density at radius 1 is 1.21 bits per heavy atom. The van der Waals surface area contributed by atoms with Gasteiger partial charge in [-0.25, -0.2) is 0 Å². The van der Waals surface area contributed by atoms with Gasteiger partial charge >= 0.3 is 6.01 Å². The first-order valence-corrected chi connectivity index (χ1v) is 9.53. The summed E-state index contributed by atoms with van der Waals surface area (Å²) < 4.78 is 17.0. The summed E-state index contributed by atoms with van der Waals surface area (Å²) in [5.74, 6) is 1.64. The summed E-state index contributed by atoms with van der Waals surface area (Å²) in [7, 11) is 0. The molecule has 1 spiro atoms. The third-order valence-electron chi connectivity index (χ3n) is 5.13. The molecule has 1 amide bonds. The SMILES string of the molecule is Cc1ccc(C(=O)N2CCCC3(COCCN(c4nnc(C)o4)C3)C2)o1.O=CO. The molecule has 4 heterocycles. The third kappa shape index (κ3) is 4.94. The molecule has 2 fully saturated rings. The van der Waals surface area contributed by atoms with Crippen molar-refractivity contribution < 1.29 is 28.3 Å².